The Labute approximate surface area is 152 Å². The van der Waals surface area contributed by atoms with Gasteiger partial charge in [-0.25, -0.2) is 4.99 Å². The van der Waals surface area contributed by atoms with Gasteiger partial charge in [0.1, 0.15) is 5.82 Å². The van der Waals surface area contributed by atoms with E-state index in [9.17, 15) is 10.1 Å². The highest BCUT2D eigenvalue weighted by atomic mass is 16.6. The number of nitro groups is 1. The van der Waals surface area contributed by atoms with Crippen molar-refractivity contribution in [2.75, 3.05) is 39.4 Å². The van der Waals surface area contributed by atoms with E-state index in [1.54, 1.807) is 24.4 Å². The van der Waals surface area contributed by atoms with Crippen molar-refractivity contribution in [1.82, 2.24) is 15.5 Å². The maximum Gasteiger partial charge on any atom is 0.269 e. The maximum atomic E-state index is 11.0. The number of non-ortho nitro benzene ring substituents is 1. The lowest BCUT2D eigenvalue weighted by Gasteiger charge is -2.32. The molecule has 0 radical (unpaired) electrons. The number of nitrogens with two attached hydrogens (primary N) is 1. The number of morpholine rings is 1. The molecule has 9 heteroatoms. The van der Waals surface area contributed by atoms with E-state index in [-0.39, 0.29) is 5.69 Å². The summed E-state index contributed by atoms with van der Waals surface area (Å²) in [6.07, 6.45) is 4.40. The van der Waals surface area contributed by atoms with E-state index in [1.165, 1.54) is 12.1 Å². The van der Waals surface area contributed by atoms with Crippen LogP contribution in [0.1, 0.15) is 12.0 Å². The number of nitro benzene ring substituents is 1. The lowest BCUT2D eigenvalue weighted by molar-refractivity contribution is -0.385. The second-order valence-electron chi connectivity index (χ2n) is 6.29. The van der Waals surface area contributed by atoms with Crippen molar-refractivity contribution in [3.8, 4) is 0 Å². The number of ether oxygens (including phenoxy) is 1. The topological polar surface area (TPSA) is 118 Å². The van der Waals surface area contributed by atoms with Crippen LogP contribution in [0, 0.1) is 10.1 Å². The Morgan fingerprint density at radius 2 is 2.23 bits per heavy atom. The molecule has 2 heterocycles. The molecule has 2 aliphatic rings. The maximum absolute atomic E-state index is 11.0. The van der Waals surface area contributed by atoms with Gasteiger partial charge in [-0.3, -0.25) is 20.7 Å². The minimum absolute atomic E-state index is 0.0149. The summed E-state index contributed by atoms with van der Waals surface area (Å²) in [4.78, 5) is 17.2. The molecule has 1 aromatic rings. The van der Waals surface area contributed by atoms with Crippen molar-refractivity contribution in [3.63, 3.8) is 0 Å². The van der Waals surface area contributed by atoms with E-state index in [4.69, 9.17) is 10.5 Å². The van der Waals surface area contributed by atoms with Gasteiger partial charge in [-0.05, 0) is 19.0 Å². The van der Waals surface area contributed by atoms with Crippen molar-refractivity contribution in [2.45, 2.75) is 12.2 Å². The monoisotopic (exact) mass is 360 g/mol. The van der Waals surface area contributed by atoms with E-state index in [2.05, 4.69) is 20.5 Å². The van der Waals surface area contributed by atoms with Crippen molar-refractivity contribution < 1.29 is 9.66 Å². The molecule has 0 aliphatic carbocycles. The van der Waals surface area contributed by atoms with Gasteiger partial charge in [0.2, 0.25) is 5.79 Å². The fourth-order valence-electron chi connectivity index (χ4n) is 2.97. The minimum Gasteiger partial charge on any atom is -0.379 e. The van der Waals surface area contributed by atoms with Gasteiger partial charge in [0, 0.05) is 43.5 Å². The summed E-state index contributed by atoms with van der Waals surface area (Å²) in [6.45, 7) is 5.36. The first-order valence-corrected chi connectivity index (χ1v) is 8.68. The molecular weight excluding hydrogens is 336 g/mol. The molecule has 0 aromatic heterocycles. The van der Waals surface area contributed by atoms with E-state index < -0.39 is 10.7 Å². The molecule has 1 fully saturated rings. The zero-order chi connectivity index (χ0) is 18.4. The highest BCUT2D eigenvalue weighted by Gasteiger charge is 2.29. The molecule has 0 spiro atoms. The third-order valence-electron chi connectivity index (χ3n) is 4.41. The minimum atomic E-state index is -1.23. The molecule has 0 amide bonds. The smallest absolute Gasteiger partial charge is 0.269 e. The zero-order valence-electron chi connectivity index (χ0n) is 14.6. The molecule has 2 aliphatic heterocycles. The average Bonchev–Trinajstić information content (AvgIpc) is 2.66. The summed E-state index contributed by atoms with van der Waals surface area (Å²) in [6, 6.07) is 6.19. The molecular formula is C17H24N6O3. The van der Waals surface area contributed by atoms with Gasteiger partial charge in [-0.2, -0.15) is 0 Å². The number of benzene rings is 1. The average molecular weight is 360 g/mol. The van der Waals surface area contributed by atoms with Crippen LogP contribution in [0.5, 0.6) is 0 Å². The summed E-state index contributed by atoms with van der Waals surface area (Å²) in [7, 11) is 0. The first-order valence-electron chi connectivity index (χ1n) is 8.68. The SMILES string of the molecule is NC1(c2cccc([N+](=O)[O-])c2)N=CC=C(NCCCN2CCOCC2)N1. The second-order valence-corrected chi connectivity index (χ2v) is 6.29. The molecule has 1 aromatic carbocycles. The van der Waals surface area contributed by atoms with Crippen LogP contribution in [0.25, 0.3) is 0 Å². The Kier molecular flexibility index (Phi) is 5.82. The number of hydrogen-bond acceptors (Lipinski definition) is 8. The quantitative estimate of drug-likeness (QED) is 0.368. The molecule has 1 atom stereocenters. The summed E-state index contributed by atoms with van der Waals surface area (Å²) < 4.78 is 5.34. The standard InChI is InChI=1S/C17H24N6O3/c18-17(14-3-1-4-15(13-14)23(24)25)20-7-5-16(21-17)19-6-2-8-22-9-11-26-12-10-22/h1,3-5,7,13,19,21H,2,6,8-12,18H2. The van der Waals surface area contributed by atoms with Crippen LogP contribution in [-0.4, -0.2) is 55.4 Å². The van der Waals surface area contributed by atoms with Crippen LogP contribution in [-0.2, 0) is 10.5 Å². The van der Waals surface area contributed by atoms with E-state index in [0.29, 0.717) is 5.56 Å². The Bertz CT molecular complexity index is 701. The Balaban J connectivity index is 1.53. The van der Waals surface area contributed by atoms with Crippen LogP contribution in [0.4, 0.5) is 5.69 Å². The van der Waals surface area contributed by atoms with Gasteiger partial charge in [0.25, 0.3) is 5.69 Å². The first-order chi connectivity index (χ1) is 12.6. The van der Waals surface area contributed by atoms with Crippen molar-refractivity contribution in [2.24, 2.45) is 10.7 Å². The van der Waals surface area contributed by atoms with Crippen LogP contribution in [0.3, 0.4) is 0 Å². The van der Waals surface area contributed by atoms with E-state index >= 15 is 0 Å². The highest BCUT2D eigenvalue weighted by molar-refractivity contribution is 5.73. The lowest BCUT2D eigenvalue weighted by Crippen LogP contribution is -2.52. The summed E-state index contributed by atoms with van der Waals surface area (Å²) in [5, 5.41) is 17.4. The third kappa shape index (κ3) is 4.57. The second kappa shape index (κ2) is 8.26. The largest absolute Gasteiger partial charge is 0.379 e. The van der Waals surface area contributed by atoms with Gasteiger partial charge in [0.05, 0.1) is 18.1 Å². The summed E-state index contributed by atoms with van der Waals surface area (Å²) >= 11 is 0. The number of allylic oxidation sites excluding steroid dienone is 1. The molecule has 1 unspecified atom stereocenters. The van der Waals surface area contributed by atoms with E-state index in [0.717, 1.165) is 51.6 Å². The molecule has 3 rings (SSSR count). The number of rotatable bonds is 7. The summed E-state index contributed by atoms with van der Waals surface area (Å²) in [5.74, 6) is -0.483. The molecule has 140 valence electrons. The predicted molar refractivity (Wildman–Crippen MR) is 98.6 cm³/mol. The van der Waals surface area contributed by atoms with Crippen molar-refractivity contribution in [3.05, 3.63) is 51.8 Å². The number of nitrogens with zero attached hydrogens (tertiary/aromatic N) is 3. The van der Waals surface area contributed by atoms with Crippen LogP contribution < -0.4 is 16.4 Å². The van der Waals surface area contributed by atoms with Gasteiger partial charge < -0.3 is 15.4 Å². The van der Waals surface area contributed by atoms with Crippen LogP contribution in [0.2, 0.25) is 0 Å². The highest BCUT2D eigenvalue weighted by Crippen LogP contribution is 2.23. The van der Waals surface area contributed by atoms with Crippen LogP contribution in [0.15, 0.2) is 41.2 Å². The first kappa shape index (κ1) is 18.3. The molecule has 0 saturated carbocycles. The molecule has 0 bridgehead atoms. The third-order valence-corrected chi connectivity index (χ3v) is 4.41. The van der Waals surface area contributed by atoms with Crippen LogP contribution >= 0.6 is 0 Å². The molecule has 9 nitrogen and oxygen atoms in total. The number of aliphatic imine (C=N–C) groups is 1. The summed E-state index contributed by atoms with van der Waals surface area (Å²) in [5.41, 5.74) is 6.84. The predicted octanol–water partition coefficient (Wildman–Crippen LogP) is 0.491. The number of hydrogen-bond donors (Lipinski definition) is 3. The Morgan fingerprint density at radius 3 is 3.00 bits per heavy atom. The van der Waals surface area contributed by atoms with Gasteiger partial charge >= 0.3 is 0 Å². The zero-order valence-corrected chi connectivity index (χ0v) is 14.6. The van der Waals surface area contributed by atoms with Gasteiger partial charge in [0.15, 0.2) is 0 Å². The van der Waals surface area contributed by atoms with Gasteiger partial charge in [-0.1, -0.05) is 12.1 Å². The lowest BCUT2D eigenvalue weighted by atomic mass is 10.1. The normalized spacial score (nSPS) is 23.2. The Hall–Kier alpha value is -2.49. The Morgan fingerprint density at radius 1 is 1.42 bits per heavy atom. The van der Waals surface area contributed by atoms with Gasteiger partial charge in [-0.15, -0.1) is 0 Å². The van der Waals surface area contributed by atoms with Crippen molar-refractivity contribution >= 4 is 11.9 Å². The molecule has 1 saturated heterocycles. The molecule has 26 heavy (non-hydrogen) atoms. The fraction of sp³-hybridized carbons (Fsp3) is 0.471. The van der Waals surface area contributed by atoms with Crippen molar-refractivity contribution in [1.29, 1.82) is 0 Å². The fourth-order valence-corrected chi connectivity index (χ4v) is 2.97. The van der Waals surface area contributed by atoms with E-state index in [1.807, 2.05) is 0 Å². The molecule has 4 N–H and O–H groups in total. The number of nitrogens with one attached hydrogen (secondary N) is 2.